The van der Waals surface area contributed by atoms with Crippen LogP contribution in [0.25, 0.3) is 0 Å². The fourth-order valence-corrected chi connectivity index (χ4v) is 4.94. The third-order valence-corrected chi connectivity index (χ3v) is 6.76. The molecule has 9 nitrogen and oxygen atoms in total. The minimum Gasteiger partial charge on any atom is -0.482 e. The molecule has 0 radical (unpaired) electrons. The Morgan fingerprint density at radius 3 is 2.44 bits per heavy atom. The second-order valence-corrected chi connectivity index (χ2v) is 10.6. The van der Waals surface area contributed by atoms with Gasteiger partial charge in [0.2, 0.25) is 5.91 Å². The van der Waals surface area contributed by atoms with Crippen LogP contribution in [-0.2, 0) is 23.8 Å². The number of carbonyl (C=O) groups excluding carboxylic acids is 3. The Kier molecular flexibility index (Phi) is 7.74. The standard InChI is InChI=1S/C27H38N2O7/c1-9-27(10-2)15-21(30)29(20(28-27)14-22(31)36-25(3,4)5)23-18-13-17(24(32)34-8)11-12-19(18)35-26(23,6)16-33-7/h11-14,23,28H,9-10,15-16H2,1-8H3/b20-14+/t23-,26-/m0/s1. The van der Waals surface area contributed by atoms with E-state index in [-0.39, 0.29) is 18.9 Å². The molecule has 1 fully saturated rings. The van der Waals surface area contributed by atoms with E-state index in [1.54, 1.807) is 51.0 Å². The van der Waals surface area contributed by atoms with Gasteiger partial charge in [-0.3, -0.25) is 9.69 Å². The van der Waals surface area contributed by atoms with Gasteiger partial charge in [-0.15, -0.1) is 0 Å². The molecule has 2 heterocycles. The molecular formula is C27H38N2O7. The van der Waals surface area contributed by atoms with E-state index in [4.69, 9.17) is 18.9 Å². The third kappa shape index (κ3) is 5.36. The van der Waals surface area contributed by atoms with Gasteiger partial charge in [0, 0.05) is 18.2 Å². The lowest BCUT2D eigenvalue weighted by molar-refractivity contribution is -0.149. The number of rotatable bonds is 7. The number of ether oxygens (including phenoxy) is 4. The van der Waals surface area contributed by atoms with Crippen LogP contribution in [0.15, 0.2) is 30.1 Å². The van der Waals surface area contributed by atoms with Crippen LogP contribution >= 0.6 is 0 Å². The van der Waals surface area contributed by atoms with Crippen LogP contribution in [0.3, 0.4) is 0 Å². The SMILES string of the molecule is CCC1(CC)CC(=O)N([C@H]2c3cc(C(=O)OC)ccc3O[C@@]2(C)COC)/C(=C/C(=O)OC(C)(C)C)N1. The predicted octanol–water partition coefficient (Wildman–Crippen LogP) is 3.88. The lowest BCUT2D eigenvalue weighted by Crippen LogP contribution is -2.60. The van der Waals surface area contributed by atoms with E-state index in [2.05, 4.69) is 5.32 Å². The first-order valence-electron chi connectivity index (χ1n) is 12.3. The lowest BCUT2D eigenvalue weighted by atomic mass is 9.84. The van der Waals surface area contributed by atoms with Crippen molar-refractivity contribution >= 4 is 17.8 Å². The Balaban J connectivity index is 2.19. The van der Waals surface area contributed by atoms with Crippen LogP contribution in [-0.4, -0.2) is 60.3 Å². The summed E-state index contributed by atoms with van der Waals surface area (Å²) in [5, 5.41) is 3.48. The second-order valence-electron chi connectivity index (χ2n) is 10.6. The number of nitrogens with one attached hydrogen (secondary N) is 1. The fourth-order valence-electron chi connectivity index (χ4n) is 4.94. The molecule has 1 amide bonds. The van der Waals surface area contributed by atoms with Crippen molar-refractivity contribution in [2.45, 2.75) is 83.6 Å². The number of nitrogens with zero attached hydrogens (tertiary/aromatic N) is 1. The molecule has 0 bridgehead atoms. The van der Waals surface area contributed by atoms with Crippen molar-refractivity contribution in [2.75, 3.05) is 20.8 Å². The van der Waals surface area contributed by atoms with E-state index in [0.717, 1.165) is 0 Å². The first kappa shape index (κ1) is 27.5. The topological polar surface area (TPSA) is 103 Å². The quantitative estimate of drug-likeness (QED) is 0.443. The molecule has 1 aromatic carbocycles. The van der Waals surface area contributed by atoms with Gasteiger partial charge in [-0.05, 0) is 58.7 Å². The Hall–Kier alpha value is -3.07. The fraction of sp³-hybridized carbons (Fsp3) is 0.593. The highest BCUT2D eigenvalue weighted by atomic mass is 16.6. The minimum absolute atomic E-state index is 0.163. The third-order valence-electron chi connectivity index (χ3n) is 6.76. The van der Waals surface area contributed by atoms with E-state index in [9.17, 15) is 14.4 Å². The van der Waals surface area contributed by atoms with Crippen LogP contribution in [0.2, 0.25) is 0 Å². The summed E-state index contributed by atoms with van der Waals surface area (Å²) in [6.45, 7) is 11.4. The largest absolute Gasteiger partial charge is 0.482 e. The molecule has 1 N–H and O–H groups in total. The van der Waals surface area contributed by atoms with Crippen molar-refractivity contribution in [3.8, 4) is 5.75 Å². The highest BCUT2D eigenvalue weighted by Gasteiger charge is 2.53. The van der Waals surface area contributed by atoms with Crippen molar-refractivity contribution in [2.24, 2.45) is 0 Å². The summed E-state index contributed by atoms with van der Waals surface area (Å²) in [5.41, 5.74) is -1.24. The summed E-state index contributed by atoms with van der Waals surface area (Å²) in [7, 11) is 2.87. The number of hydrogen-bond acceptors (Lipinski definition) is 8. The van der Waals surface area contributed by atoms with Gasteiger partial charge in [0.05, 0.1) is 31.8 Å². The maximum absolute atomic E-state index is 13.9. The van der Waals surface area contributed by atoms with Gasteiger partial charge in [-0.25, -0.2) is 9.59 Å². The predicted molar refractivity (Wildman–Crippen MR) is 133 cm³/mol. The molecule has 36 heavy (non-hydrogen) atoms. The summed E-state index contributed by atoms with van der Waals surface area (Å²) in [5.74, 6) is -0.377. The lowest BCUT2D eigenvalue weighted by Gasteiger charge is -2.48. The van der Waals surface area contributed by atoms with Gasteiger partial charge in [-0.2, -0.15) is 0 Å². The average molecular weight is 503 g/mol. The van der Waals surface area contributed by atoms with Gasteiger partial charge in [0.15, 0.2) is 5.60 Å². The first-order valence-corrected chi connectivity index (χ1v) is 12.3. The van der Waals surface area contributed by atoms with Crippen LogP contribution in [0.4, 0.5) is 0 Å². The molecule has 2 aliphatic heterocycles. The van der Waals surface area contributed by atoms with E-state index in [1.807, 2.05) is 20.8 Å². The number of fused-ring (bicyclic) bond motifs is 1. The Morgan fingerprint density at radius 1 is 1.22 bits per heavy atom. The summed E-state index contributed by atoms with van der Waals surface area (Å²) in [4.78, 5) is 40.6. The summed E-state index contributed by atoms with van der Waals surface area (Å²) >= 11 is 0. The normalized spacial score (nSPS) is 24.1. The second kappa shape index (κ2) is 10.1. The maximum atomic E-state index is 13.9. The van der Waals surface area contributed by atoms with Crippen molar-refractivity contribution in [1.29, 1.82) is 0 Å². The van der Waals surface area contributed by atoms with Gasteiger partial charge in [-0.1, -0.05) is 13.8 Å². The number of esters is 2. The molecular weight excluding hydrogens is 464 g/mol. The molecule has 0 unspecified atom stereocenters. The summed E-state index contributed by atoms with van der Waals surface area (Å²) in [6, 6.07) is 4.30. The summed E-state index contributed by atoms with van der Waals surface area (Å²) in [6.07, 6.45) is 2.94. The van der Waals surface area contributed by atoms with Gasteiger partial charge in [0.25, 0.3) is 0 Å². The molecule has 198 valence electrons. The monoisotopic (exact) mass is 502 g/mol. The highest BCUT2D eigenvalue weighted by molar-refractivity contribution is 5.90. The van der Waals surface area contributed by atoms with Gasteiger partial charge < -0.3 is 24.3 Å². The zero-order valence-corrected chi connectivity index (χ0v) is 22.5. The molecule has 1 saturated heterocycles. The van der Waals surface area contributed by atoms with E-state index < -0.39 is 34.7 Å². The molecule has 3 rings (SSSR count). The van der Waals surface area contributed by atoms with Crippen LogP contribution in [0, 0.1) is 0 Å². The molecule has 0 aromatic heterocycles. The Bertz CT molecular complexity index is 1050. The van der Waals surface area contributed by atoms with Crippen LogP contribution in [0.5, 0.6) is 5.75 Å². The summed E-state index contributed by atoms with van der Waals surface area (Å²) < 4.78 is 22.3. The Morgan fingerprint density at radius 2 is 1.89 bits per heavy atom. The molecule has 2 atom stereocenters. The van der Waals surface area contributed by atoms with Gasteiger partial charge >= 0.3 is 11.9 Å². The maximum Gasteiger partial charge on any atom is 0.337 e. The van der Waals surface area contributed by atoms with Crippen LogP contribution < -0.4 is 10.1 Å². The Labute approximate surface area is 213 Å². The van der Waals surface area contributed by atoms with Crippen molar-refractivity contribution in [1.82, 2.24) is 10.2 Å². The number of hydrogen-bond donors (Lipinski definition) is 1. The van der Waals surface area contributed by atoms with Crippen molar-refractivity contribution in [3.05, 3.63) is 41.2 Å². The molecule has 2 aliphatic rings. The molecule has 0 saturated carbocycles. The van der Waals surface area contributed by atoms with Crippen molar-refractivity contribution in [3.63, 3.8) is 0 Å². The minimum atomic E-state index is -0.991. The highest BCUT2D eigenvalue weighted by Crippen LogP contribution is 2.49. The van der Waals surface area contributed by atoms with E-state index in [0.29, 0.717) is 35.5 Å². The number of carbonyl (C=O) groups is 3. The molecule has 0 spiro atoms. The zero-order valence-electron chi connectivity index (χ0n) is 22.5. The van der Waals surface area contributed by atoms with Crippen molar-refractivity contribution < 1.29 is 33.3 Å². The van der Waals surface area contributed by atoms with E-state index >= 15 is 0 Å². The number of benzene rings is 1. The zero-order chi connectivity index (χ0) is 26.9. The van der Waals surface area contributed by atoms with Gasteiger partial charge in [0.1, 0.15) is 23.2 Å². The smallest absolute Gasteiger partial charge is 0.337 e. The first-order chi connectivity index (χ1) is 16.8. The van der Waals surface area contributed by atoms with E-state index in [1.165, 1.54) is 13.2 Å². The number of amides is 1. The van der Waals surface area contributed by atoms with Crippen LogP contribution in [0.1, 0.15) is 82.8 Å². The average Bonchev–Trinajstić information content (AvgIpc) is 3.07. The molecule has 9 heteroatoms. The molecule has 0 aliphatic carbocycles. The molecule has 1 aromatic rings. The number of methoxy groups -OCH3 is 2.